The van der Waals surface area contributed by atoms with Crippen molar-refractivity contribution in [2.24, 2.45) is 17.6 Å². The summed E-state index contributed by atoms with van der Waals surface area (Å²) in [6.45, 7) is 2.27. The molecule has 94 valence electrons. The number of carbonyl (C=O) groups is 1. The van der Waals surface area contributed by atoms with Gasteiger partial charge in [0.1, 0.15) is 0 Å². The minimum atomic E-state index is -0.142. The second kappa shape index (κ2) is 7.70. The van der Waals surface area contributed by atoms with Crippen LogP contribution in [0.5, 0.6) is 0 Å². The minimum Gasteiger partial charge on any atom is -0.370 e. The molecular weight excluding hydrogens is 198 g/mol. The molecule has 1 saturated carbocycles. The van der Waals surface area contributed by atoms with E-state index in [4.69, 9.17) is 5.73 Å². The van der Waals surface area contributed by atoms with Crippen LogP contribution in [0.25, 0.3) is 0 Å². The van der Waals surface area contributed by atoms with Gasteiger partial charge in [0.2, 0.25) is 5.91 Å². The minimum absolute atomic E-state index is 0.142. The molecule has 0 radical (unpaired) electrons. The number of amides is 1. The van der Waals surface area contributed by atoms with Crippen molar-refractivity contribution < 1.29 is 4.79 Å². The van der Waals surface area contributed by atoms with E-state index in [0.717, 1.165) is 18.3 Å². The number of hydrogen-bond acceptors (Lipinski definition) is 1. The van der Waals surface area contributed by atoms with Crippen LogP contribution in [-0.2, 0) is 4.79 Å². The van der Waals surface area contributed by atoms with E-state index in [9.17, 15) is 4.79 Å². The van der Waals surface area contributed by atoms with E-state index in [1.165, 1.54) is 51.4 Å². The molecule has 1 aliphatic rings. The Morgan fingerprint density at radius 1 is 1.06 bits per heavy atom. The van der Waals surface area contributed by atoms with Crippen LogP contribution in [0.1, 0.15) is 71.1 Å². The second-order valence-electron chi connectivity index (χ2n) is 5.39. The molecule has 1 fully saturated rings. The molecule has 0 aromatic carbocycles. The Morgan fingerprint density at radius 2 is 1.56 bits per heavy atom. The summed E-state index contributed by atoms with van der Waals surface area (Å²) in [4.78, 5) is 10.6. The summed E-state index contributed by atoms with van der Waals surface area (Å²) in [6.07, 6.45) is 12.6. The van der Waals surface area contributed by atoms with Crippen molar-refractivity contribution in [3.63, 3.8) is 0 Å². The van der Waals surface area contributed by atoms with E-state index in [1.54, 1.807) is 0 Å². The molecule has 0 aliphatic heterocycles. The zero-order valence-corrected chi connectivity index (χ0v) is 10.7. The van der Waals surface area contributed by atoms with Crippen LogP contribution >= 0.6 is 0 Å². The molecule has 0 atom stereocenters. The number of primary amides is 1. The van der Waals surface area contributed by atoms with Gasteiger partial charge in [0, 0.05) is 6.42 Å². The van der Waals surface area contributed by atoms with Gasteiger partial charge in [-0.3, -0.25) is 4.79 Å². The lowest BCUT2D eigenvalue weighted by Crippen LogP contribution is -2.16. The molecule has 0 saturated heterocycles. The molecule has 1 amide bonds. The average Bonchev–Trinajstić information content (AvgIpc) is 2.27. The summed E-state index contributed by atoms with van der Waals surface area (Å²) in [6, 6.07) is 0. The molecule has 0 aromatic rings. The van der Waals surface area contributed by atoms with Gasteiger partial charge in [0.25, 0.3) is 0 Å². The van der Waals surface area contributed by atoms with E-state index in [1.807, 2.05) is 0 Å². The standard InChI is InChI=1S/C14H27NO/c1-2-3-5-12-8-10-13(11-9-12)6-4-7-14(15)16/h12-13H,2-11H2,1H3,(H2,15,16). The average molecular weight is 225 g/mol. The fourth-order valence-electron chi connectivity index (χ4n) is 2.87. The summed E-state index contributed by atoms with van der Waals surface area (Å²) in [5.41, 5.74) is 5.15. The Balaban J connectivity index is 2.05. The van der Waals surface area contributed by atoms with E-state index in [-0.39, 0.29) is 5.91 Å². The van der Waals surface area contributed by atoms with Crippen LogP contribution < -0.4 is 5.73 Å². The molecular formula is C14H27NO. The molecule has 0 spiro atoms. The zero-order valence-electron chi connectivity index (χ0n) is 10.7. The summed E-state index contributed by atoms with van der Waals surface area (Å²) in [5, 5.41) is 0. The third-order valence-corrected chi connectivity index (χ3v) is 3.97. The summed E-state index contributed by atoms with van der Waals surface area (Å²) < 4.78 is 0. The smallest absolute Gasteiger partial charge is 0.217 e. The summed E-state index contributed by atoms with van der Waals surface area (Å²) in [7, 11) is 0. The number of nitrogens with two attached hydrogens (primary N) is 1. The molecule has 2 N–H and O–H groups in total. The van der Waals surface area contributed by atoms with Gasteiger partial charge < -0.3 is 5.73 Å². The van der Waals surface area contributed by atoms with Crippen LogP contribution in [0.4, 0.5) is 0 Å². The van der Waals surface area contributed by atoms with Gasteiger partial charge in [0.05, 0.1) is 0 Å². The van der Waals surface area contributed by atoms with Crippen LogP contribution in [-0.4, -0.2) is 5.91 Å². The number of carbonyl (C=O) groups excluding carboxylic acids is 1. The van der Waals surface area contributed by atoms with Gasteiger partial charge in [-0.05, 0) is 24.7 Å². The lowest BCUT2D eigenvalue weighted by Gasteiger charge is -2.28. The first-order chi connectivity index (χ1) is 7.72. The Kier molecular flexibility index (Phi) is 6.51. The van der Waals surface area contributed by atoms with Crippen molar-refractivity contribution >= 4 is 5.91 Å². The van der Waals surface area contributed by atoms with Crippen molar-refractivity contribution in [3.8, 4) is 0 Å². The topological polar surface area (TPSA) is 43.1 Å². The highest BCUT2D eigenvalue weighted by Gasteiger charge is 2.20. The maximum absolute atomic E-state index is 10.6. The first kappa shape index (κ1) is 13.5. The maximum atomic E-state index is 10.6. The normalized spacial score (nSPS) is 25.6. The summed E-state index contributed by atoms with van der Waals surface area (Å²) in [5.74, 6) is 1.72. The van der Waals surface area contributed by atoms with Crippen LogP contribution in [0.3, 0.4) is 0 Å². The largest absolute Gasteiger partial charge is 0.370 e. The monoisotopic (exact) mass is 225 g/mol. The Labute approximate surface area is 100.0 Å². The maximum Gasteiger partial charge on any atom is 0.217 e. The highest BCUT2D eigenvalue weighted by Crippen LogP contribution is 2.34. The predicted molar refractivity (Wildman–Crippen MR) is 68.0 cm³/mol. The number of unbranched alkanes of at least 4 members (excludes halogenated alkanes) is 1. The SMILES string of the molecule is CCCCC1CCC(CCCC(N)=O)CC1. The molecule has 1 rings (SSSR count). The Bertz CT molecular complexity index is 195. The Hall–Kier alpha value is -0.530. The highest BCUT2D eigenvalue weighted by molar-refractivity contribution is 5.73. The number of hydrogen-bond donors (Lipinski definition) is 1. The fourth-order valence-corrected chi connectivity index (χ4v) is 2.87. The zero-order chi connectivity index (χ0) is 11.8. The van der Waals surface area contributed by atoms with Crippen molar-refractivity contribution in [2.45, 2.75) is 71.1 Å². The van der Waals surface area contributed by atoms with Gasteiger partial charge in [-0.1, -0.05) is 51.9 Å². The van der Waals surface area contributed by atoms with Crippen LogP contribution in [0.15, 0.2) is 0 Å². The lowest BCUT2D eigenvalue weighted by molar-refractivity contribution is -0.118. The van der Waals surface area contributed by atoms with Gasteiger partial charge in [0.15, 0.2) is 0 Å². The summed E-state index contributed by atoms with van der Waals surface area (Å²) >= 11 is 0. The molecule has 2 nitrogen and oxygen atoms in total. The number of rotatable bonds is 7. The van der Waals surface area contributed by atoms with E-state index < -0.39 is 0 Å². The van der Waals surface area contributed by atoms with Crippen molar-refractivity contribution in [2.75, 3.05) is 0 Å². The predicted octanol–water partition coefficient (Wildman–Crippen LogP) is 3.64. The lowest BCUT2D eigenvalue weighted by atomic mass is 9.78. The molecule has 0 heterocycles. The van der Waals surface area contributed by atoms with E-state index >= 15 is 0 Å². The van der Waals surface area contributed by atoms with E-state index in [0.29, 0.717) is 6.42 Å². The quantitative estimate of drug-likeness (QED) is 0.706. The van der Waals surface area contributed by atoms with Gasteiger partial charge in [-0.15, -0.1) is 0 Å². The molecule has 0 aromatic heterocycles. The van der Waals surface area contributed by atoms with Crippen molar-refractivity contribution in [3.05, 3.63) is 0 Å². The van der Waals surface area contributed by atoms with E-state index in [2.05, 4.69) is 6.92 Å². The third kappa shape index (κ3) is 5.53. The van der Waals surface area contributed by atoms with Crippen molar-refractivity contribution in [1.82, 2.24) is 0 Å². The first-order valence-electron chi connectivity index (χ1n) is 7.00. The fraction of sp³-hybridized carbons (Fsp3) is 0.929. The molecule has 1 aliphatic carbocycles. The van der Waals surface area contributed by atoms with Gasteiger partial charge in [-0.25, -0.2) is 0 Å². The molecule has 2 heteroatoms. The molecule has 0 unspecified atom stereocenters. The van der Waals surface area contributed by atoms with Crippen LogP contribution in [0, 0.1) is 11.8 Å². The second-order valence-corrected chi connectivity index (χ2v) is 5.39. The van der Waals surface area contributed by atoms with Crippen molar-refractivity contribution in [1.29, 1.82) is 0 Å². The van der Waals surface area contributed by atoms with Gasteiger partial charge >= 0.3 is 0 Å². The third-order valence-electron chi connectivity index (χ3n) is 3.97. The Morgan fingerprint density at radius 3 is 2.00 bits per heavy atom. The molecule has 16 heavy (non-hydrogen) atoms. The molecule has 0 bridgehead atoms. The highest BCUT2D eigenvalue weighted by atomic mass is 16.1. The first-order valence-corrected chi connectivity index (χ1v) is 7.00. The van der Waals surface area contributed by atoms with Gasteiger partial charge in [-0.2, -0.15) is 0 Å². The van der Waals surface area contributed by atoms with Crippen LogP contribution in [0.2, 0.25) is 0 Å².